The second-order valence-corrected chi connectivity index (χ2v) is 7.12. The molecule has 0 bridgehead atoms. The highest BCUT2D eigenvalue weighted by Gasteiger charge is 2.23. The fourth-order valence-corrected chi connectivity index (χ4v) is 3.43. The van der Waals surface area contributed by atoms with Gasteiger partial charge in [0.15, 0.2) is 0 Å². The number of rotatable bonds is 5. The van der Waals surface area contributed by atoms with Crippen LogP contribution in [-0.2, 0) is 13.6 Å². The van der Waals surface area contributed by atoms with Crippen LogP contribution in [0.4, 0.5) is 0 Å². The van der Waals surface area contributed by atoms with E-state index in [1.54, 1.807) is 31.3 Å². The molecule has 0 saturated heterocycles. The van der Waals surface area contributed by atoms with Gasteiger partial charge in [-0.3, -0.25) is 13.9 Å². The number of halogens is 2. The summed E-state index contributed by atoms with van der Waals surface area (Å²) >= 11 is 12.2. The minimum Gasteiger partial charge on any atom is -0.384 e. The third-order valence-corrected chi connectivity index (χ3v) is 5.13. The molecule has 0 fully saturated rings. The van der Waals surface area contributed by atoms with Crippen molar-refractivity contribution in [3.63, 3.8) is 0 Å². The van der Waals surface area contributed by atoms with E-state index in [9.17, 15) is 14.7 Å². The van der Waals surface area contributed by atoms with Crippen molar-refractivity contribution in [2.45, 2.75) is 32.4 Å². The highest BCUT2D eigenvalue weighted by molar-refractivity contribution is 6.31. The van der Waals surface area contributed by atoms with Crippen LogP contribution >= 0.6 is 23.2 Å². The lowest BCUT2D eigenvalue weighted by atomic mass is 10.00. The molecular weight excluding hydrogens is 389 g/mol. The molecule has 3 aromatic rings. The predicted octanol–water partition coefficient (Wildman–Crippen LogP) is 3.28. The van der Waals surface area contributed by atoms with Crippen molar-refractivity contribution in [2.75, 3.05) is 0 Å². The van der Waals surface area contributed by atoms with Gasteiger partial charge in [0, 0.05) is 24.2 Å². The third-order valence-electron chi connectivity index (χ3n) is 4.58. The predicted molar refractivity (Wildman–Crippen MR) is 107 cm³/mol. The molecule has 3 rings (SSSR count). The van der Waals surface area contributed by atoms with E-state index in [0.29, 0.717) is 29.1 Å². The zero-order valence-corrected chi connectivity index (χ0v) is 16.5. The number of aliphatic hydroxyl groups excluding tert-OH is 1. The number of nitrogens with zero attached hydrogens (tertiary/aromatic N) is 3. The van der Waals surface area contributed by atoms with Crippen LogP contribution in [0.15, 0.2) is 40.1 Å². The Morgan fingerprint density at radius 3 is 2.48 bits per heavy atom. The zero-order chi connectivity index (χ0) is 19.7. The first-order valence-corrected chi connectivity index (χ1v) is 9.33. The smallest absolute Gasteiger partial charge is 0.331 e. The Labute approximate surface area is 165 Å². The highest BCUT2D eigenvalue weighted by Crippen LogP contribution is 2.31. The Morgan fingerprint density at radius 2 is 1.85 bits per heavy atom. The van der Waals surface area contributed by atoms with Crippen LogP contribution in [0.1, 0.15) is 37.0 Å². The van der Waals surface area contributed by atoms with Gasteiger partial charge in [0.25, 0.3) is 5.56 Å². The van der Waals surface area contributed by atoms with Crippen LogP contribution in [0.5, 0.6) is 0 Å². The van der Waals surface area contributed by atoms with Crippen molar-refractivity contribution in [2.24, 2.45) is 7.05 Å². The summed E-state index contributed by atoms with van der Waals surface area (Å²) in [6.45, 7) is 2.28. The Hall–Kier alpha value is -2.15. The van der Waals surface area contributed by atoms with Gasteiger partial charge in [-0.1, -0.05) is 48.7 Å². The van der Waals surface area contributed by atoms with E-state index in [-0.39, 0.29) is 16.1 Å². The Bertz CT molecular complexity index is 1100. The first kappa shape index (κ1) is 19.6. The molecule has 2 heterocycles. The van der Waals surface area contributed by atoms with Gasteiger partial charge in [-0.2, -0.15) is 0 Å². The third kappa shape index (κ3) is 3.52. The van der Waals surface area contributed by atoms with E-state index in [2.05, 4.69) is 4.98 Å². The summed E-state index contributed by atoms with van der Waals surface area (Å²) in [5.74, 6) is 0. The van der Waals surface area contributed by atoms with Gasteiger partial charge in [0.05, 0.1) is 17.1 Å². The number of hydrogen-bond acceptors (Lipinski definition) is 4. The summed E-state index contributed by atoms with van der Waals surface area (Å²) < 4.78 is 2.54. The molecule has 142 valence electrons. The number of aryl methyl sites for hydroxylation is 1. The van der Waals surface area contributed by atoms with Gasteiger partial charge < -0.3 is 5.11 Å². The maximum Gasteiger partial charge on any atom is 0.331 e. The lowest BCUT2D eigenvalue weighted by Crippen LogP contribution is -2.39. The first-order chi connectivity index (χ1) is 12.9. The van der Waals surface area contributed by atoms with Crippen molar-refractivity contribution in [3.8, 4) is 0 Å². The molecule has 2 aromatic heterocycles. The Morgan fingerprint density at radius 1 is 1.19 bits per heavy atom. The molecule has 27 heavy (non-hydrogen) atoms. The van der Waals surface area contributed by atoms with Gasteiger partial charge in [0.1, 0.15) is 11.3 Å². The summed E-state index contributed by atoms with van der Waals surface area (Å²) in [6, 6.07) is 6.59. The van der Waals surface area contributed by atoms with Gasteiger partial charge in [-0.25, -0.2) is 9.78 Å². The van der Waals surface area contributed by atoms with Gasteiger partial charge in [-0.05, 0) is 24.1 Å². The first-order valence-electron chi connectivity index (χ1n) is 8.58. The zero-order valence-electron chi connectivity index (χ0n) is 14.9. The van der Waals surface area contributed by atoms with Crippen LogP contribution in [0.3, 0.4) is 0 Å². The summed E-state index contributed by atoms with van der Waals surface area (Å²) in [5.41, 5.74) is 0.127. The van der Waals surface area contributed by atoms with Crippen molar-refractivity contribution < 1.29 is 5.11 Å². The number of benzene rings is 1. The molecule has 0 saturated carbocycles. The number of pyridine rings is 1. The summed E-state index contributed by atoms with van der Waals surface area (Å²) in [4.78, 5) is 29.8. The standard InChI is InChI=1S/C19H19Cl2N3O3/c1-3-4-9-24-18(26)14-13(23(2)19(24)27)10-22-17(21)15(14)16(25)11-5-7-12(20)8-6-11/h5-8,10,16,25H,3-4,9H2,1-2H3. The SMILES string of the molecule is CCCCn1c(=O)c2c(C(O)c3ccc(Cl)cc3)c(Cl)ncc2n(C)c1=O. The monoisotopic (exact) mass is 407 g/mol. The molecule has 1 unspecified atom stereocenters. The molecule has 6 nitrogen and oxygen atoms in total. The van der Waals surface area contributed by atoms with Gasteiger partial charge in [0.2, 0.25) is 0 Å². The van der Waals surface area contributed by atoms with Crippen molar-refractivity contribution >= 4 is 34.1 Å². The molecule has 8 heteroatoms. The van der Waals surface area contributed by atoms with Gasteiger partial charge in [-0.15, -0.1) is 0 Å². The van der Waals surface area contributed by atoms with E-state index in [1.165, 1.54) is 15.3 Å². The normalized spacial score (nSPS) is 12.5. The Balaban J connectivity index is 2.33. The van der Waals surface area contributed by atoms with Crippen LogP contribution in [0.25, 0.3) is 10.9 Å². The van der Waals surface area contributed by atoms with Crippen molar-refractivity contribution in [1.82, 2.24) is 14.1 Å². The average molecular weight is 408 g/mol. The minimum atomic E-state index is -1.18. The molecule has 0 radical (unpaired) electrons. The average Bonchev–Trinajstić information content (AvgIpc) is 2.66. The van der Waals surface area contributed by atoms with Gasteiger partial charge >= 0.3 is 5.69 Å². The number of aromatic nitrogens is 3. The maximum absolute atomic E-state index is 13.1. The Kier molecular flexibility index (Phi) is 5.69. The van der Waals surface area contributed by atoms with Crippen LogP contribution in [-0.4, -0.2) is 19.2 Å². The summed E-state index contributed by atoms with van der Waals surface area (Å²) in [7, 11) is 1.57. The van der Waals surface area contributed by atoms with Crippen molar-refractivity contribution in [3.05, 3.63) is 72.6 Å². The molecule has 0 aliphatic carbocycles. The van der Waals surface area contributed by atoms with E-state index >= 15 is 0 Å². The largest absolute Gasteiger partial charge is 0.384 e. The van der Waals surface area contributed by atoms with E-state index in [1.807, 2.05) is 6.92 Å². The molecule has 0 spiro atoms. The molecule has 0 aliphatic heterocycles. The van der Waals surface area contributed by atoms with Crippen molar-refractivity contribution in [1.29, 1.82) is 0 Å². The minimum absolute atomic E-state index is 0.0164. The highest BCUT2D eigenvalue weighted by atomic mass is 35.5. The topological polar surface area (TPSA) is 77.1 Å². The molecule has 1 N–H and O–H groups in total. The number of aliphatic hydroxyl groups is 1. The number of hydrogen-bond donors (Lipinski definition) is 1. The molecule has 0 amide bonds. The number of fused-ring (bicyclic) bond motifs is 1. The van der Waals surface area contributed by atoms with Crippen LogP contribution in [0.2, 0.25) is 10.2 Å². The molecule has 1 aromatic carbocycles. The second kappa shape index (κ2) is 7.84. The quantitative estimate of drug-likeness (QED) is 0.658. The fourth-order valence-electron chi connectivity index (χ4n) is 3.05. The van der Waals surface area contributed by atoms with E-state index in [4.69, 9.17) is 23.2 Å². The lowest BCUT2D eigenvalue weighted by Gasteiger charge is -2.17. The number of unbranched alkanes of at least 4 members (excludes halogenated alkanes) is 1. The van der Waals surface area contributed by atoms with E-state index < -0.39 is 17.4 Å². The molecule has 0 aliphatic rings. The fraction of sp³-hybridized carbons (Fsp3) is 0.316. The van der Waals surface area contributed by atoms with E-state index in [0.717, 1.165) is 6.42 Å². The summed E-state index contributed by atoms with van der Waals surface area (Å²) in [5, 5.41) is 11.6. The lowest BCUT2D eigenvalue weighted by molar-refractivity contribution is 0.221. The maximum atomic E-state index is 13.1. The van der Waals surface area contributed by atoms with Crippen LogP contribution < -0.4 is 11.2 Å². The summed E-state index contributed by atoms with van der Waals surface area (Å²) in [6.07, 6.45) is 1.72. The molecular formula is C19H19Cl2N3O3. The van der Waals surface area contributed by atoms with Crippen LogP contribution in [0, 0.1) is 0 Å². The second-order valence-electron chi connectivity index (χ2n) is 6.33. The molecule has 1 atom stereocenters.